The van der Waals surface area contributed by atoms with Gasteiger partial charge in [-0.3, -0.25) is 0 Å². The van der Waals surface area contributed by atoms with Crippen LogP contribution in [0.3, 0.4) is 0 Å². The van der Waals surface area contributed by atoms with Crippen molar-refractivity contribution in [3.8, 4) is 0 Å². The highest BCUT2D eigenvalue weighted by Gasteiger charge is 2.33. The molecule has 136 valence electrons. The lowest BCUT2D eigenvalue weighted by molar-refractivity contribution is 0.819. The molecule has 0 aliphatic rings. The third-order valence-electron chi connectivity index (χ3n) is 5.27. The van der Waals surface area contributed by atoms with Crippen LogP contribution in [0.4, 0.5) is 0 Å². The Morgan fingerprint density at radius 2 is 1.44 bits per heavy atom. The maximum Gasteiger partial charge on any atom is 0.116 e. The van der Waals surface area contributed by atoms with Crippen LogP contribution in [0, 0.1) is 0 Å². The van der Waals surface area contributed by atoms with Crippen molar-refractivity contribution in [2.75, 3.05) is 0 Å². The number of fused-ring (bicyclic) bond motifs is 1. The summed E-state index contributed by atoms with van der Waals surface area (Å²) in [6, 6.07) is 28.2. The summed E-state index contributed by atoms with van der Waals surface area (Å²) >= 11 is 7.67. The average Bonchev–Trinajstić information content (AvgIpc) is 2.95. The van der Waals surface area contributed by atoms with Gasteiger partial charge in [0, 0.05) is 21.9 Å². The Morgan fingerprint density at radius 1 is 0.815 bits per heavy atom. The van der Waals surface area contributed by atoms with Gasteiger partial charge in [0.25, 0.3) is 0 Å². The smallest absolute Gasteiger partial charge is 0.116 e. The first-order valence-electron chi connectivity index (χ1n) is 9.05. The Labute approximate surface area is 178 Å². The molecule has 27 heavy (non-hydrogen) atoms. The number of nitrogens with zero attached hydrogens (tertiary/aromatic N) is 1. The zero-order valence-electron chi connectivity index (χ0n) is 15.4. The van der Waals surface area contributed by atoms with Crippen molar-refractivity contribution >= 4 is 61.2 Å². The van der Waals surface area contributed by atoms with E-state index < -0.39 is 8.07 Å². The van der Waals surface area contributed by atoms with Crippen molar-refractivity contribution in [3.63, 3.8) is 0 Å². The minimum absolute atomic E-state index is 0.860. The van der Waals surface area contributed by atoms with E-state index in [2.05, 4.69) is 128 Å². The summed E-state index contributed by atoms with van der Waals surface area (Å²) in [7, 11) is -1.87. The summed E-state index contributed by atoms with van der Waals surface area (Å²) in [6.07, 6.45) is 0. The second-order valence-corrected chi connectivity index (χ2v) is 13.4. The van der Waals surface area contributed by atoms with Gasteiger partial charge in [0.15, 0.2) is 0 Å². The maximum atomic E-state index is 3.99. The van der Waals surface area contributed by atoms with Crippen molar-refractivity contribution < 1.29 is 0 Å². The van der Waals surface area contributed by atoms with Crippen LogP contribution in [0.15, 0.2) is 87.9 Å². The molecule has 3 aromatic carbocycles. The number of hydrogen-bond donors (Lipinski definition) is 0. The van der Waals surface area contributed by atoms with Gasteiger partial charge in [0.2, 0.25) is 0 Å². The topological polar surface area (TPSA) is 4.93 Å². The molecule has 0 radical (unpaired) electrons. The van der Waals surface area contributed by atoms with Crippen LogP contribution in [-0.2, 0) is 6.54 Å². The van der Waals surface area contributed by atoms with Gasteiger partial charge in [-0.2, -0.15) is 0 Å². The normalized spacial score (nSPS) is 11.9. The van der Waals surface area contributed by atoms with E-state index in [-0.39, 0.29) is 0 Å². The molecule has 0 saturated carbocycles. The van der Waals surface area contributed by atoms with Gasteiger partial charge in [-0.05, 0) is 44.9 Å². The van der Waals surface area contributed by atoms with E-state index in [1.807, 2.05) is 0 Å². The Hall–Kier alpha value is -1.62. The lowest BCUT2D eigenvalue weighted by Gasteiger charge is -2.24. The third-order valence-corrected chi connectivity index (χ3v) is 10.5. The fourth-order valence-corrected chi connectivity index (χ4v) is 9.03. The molecule has 1 nitrogen and oxygen atoms in total. The fourth-order valence-electron chi connectivity index (χ4n) is 3.81. The summed E-state index contributed by atoms with van der Waals surface area (Å²) in [5.41, 5.74) is 2.59. The minimum Gasteiger partial charge on any atom is -0.331 e. The molecule has 0 atom stereocenters. The second kappa shape index (κ2) is 7.42. The van der Waals surface area contributed by atoms with Gasteiger partial charge in [-0.25, -0.2) is 0 Å². The first-order valence-corrected chi connectivity index (χ1v) is 13.6. The molecule has 0 N–H and O–H groups in total. The Kier molecular flexibility index (Phi) is 5.15. The summed E-state index contributed by atoms with van der Waals surface area (Å²) < 4.78 is 4.74. The third kappa shape index (κ3) is 3.46. The van der Waals surface area contributed by atoms with Gasteiger partial charge in [-0.1, -0.05) is 94.9 Å². The summed E-state index contributed by atoms with van der Waals surface area (Å²) in [6.45, 7) is 5.74. The predicted molar refractivity (Wildman–Crippen MR) is 126 cm³/mol. The predicted octanol–water partition coefficient (Wildman–Crippen LogP) is 6.04. The molecule has 0 bridgehead atoms. The van der Waals surface area contributed by atoms with E-state index in [4.69, 9.17) is 0 Å². The highest BCUT2D eigenvalue weighted by Crippen LogP contribution is 2.29. The number of aromatic nitrogens is 1. The van der Waals surface area contributed by atoms with Crippen LogP contribution < -0.4 is 10.4 Å². The molecule has 4 rings (SSSR count). The zero-order valence-corrected chi connectivity index (χ0v) is 19.6. The van der Waals surface area contributed by atoms with Crippen LogP contribution in [0.1, 0.15) is 5.56 Å². The lowest BCUT2D eigenvalue weighted by Crippen LogP contribution is -2.53. The van der Waals surface area contributed by atoms with Crippen molar-refractivity contribution in [1.82, 2.24) is 4.57 Å². The van der Waals surface area contributed by atoms with Crippen molar-refractivity contribution in [2.45, 2.75) is 19.6 Å². The van der Waals surface area contributed by atoms with Gasteiger partial charge in [-0.15, -0.1) is 0 Å². The van der Waals surface area contributed by atoms with E-state index in [1.165, 1.54) is 31.4 Å². The summed E-state index contributed by atoms with van der Waals surface area (Å²) in [5.74, 6) is 0. The largest absolute Gasteiger partial charge is 0.331 e. The summed E-state index contributed by atoms with van der Waals surface area (Å²) in [5, 5.41) is 4.25. The van der Waals surface area contributed by atoms with Crippen molar-refractivity contribution in [2.24, 2.45) is 0 Å². The van der Waals surface area contributed by atoms with E-state index in [1.54, 1.807) is 0 Å². The first kappa shape index (κ1) is 18.7. The maximum absolute atomic E-state index is 3.99. The van der Waals surface area contributed by atoms with Crippen LogP contribution in [0.2, 0.25) is 13.1 Å². The lowest BCUT2D eigenvalue weighted by atomic mass is 10.2. The molecule has 0 amide bonds. The molecular formula is C23H21Br2NSi. The van der Waals surface area contributed by atoms with Gasteiger partial charge >= 0.3 is 0 Å². The Morgan fingerprint density at radius 3 is 2.11 bits per heavy atom. The van der Waals surface area contributed by atoms with Crippen LogP contribution in [0.5, 0.6) is 0 Å². The molecule has 0 aliphatic heterocycles. The van der Waals surface area contributed by atoms with E-state index in [0.717, 1.165) is 11.0 Å². The summed E-state index contributed by atoms with van der Waals surface area (Å²) in [4.78, 5) is 0. The molecule has 0 aliphatic carbocycles. The number of rotatable bonds is 4. The van der Waals surface area contributed by atoms with Gasteiger partial charge < -0.3 is 4.57 Å². The van der Waals surface area contributed by atoms with Gasteiger partial charge in [0.1, 0.15) is 8.07 Å². The second-order valence-electron chi connectivity index (χ2n) is 7.39. The minimum atomic E-state index is -1.87. The number of halogens is 2. The molecule has 0 unspecified atom stereocenters. The van der Waals surface area contributed by atoms with Crippen LogP contribution in [-0.4, -0.2) is 12.6 Å². The molecule has 0 spiro atoms. The zero-order chi connectivity index (χ0) is 19.0. The van der Waals surface area contributed by atoms with E-state index in [0.29, 0.717) is 0 Å². The highest BCUT2D eigenvalue weighted by atomic mass is 79.9. The Balaban J connectivity index is 1.96. The number of hydrogen-bond acceptors (Lipinski definition) is 0. The van der Waals surface area contributed by atoms with Gasteiger partial charge in [0.05, 0.1) is 4.60 Å². The highest BCUT2D eigenvalue weighted by molar-refractivity contribution is 9.10. The SMILES string of the molecule is C[Si](C)(c1ccccc1)c1c(Br)n(Cc2ccccc2)c2ccc(Br)cc12. The molecule has 1 heterocycles. The molecule has 0 saturated heterocycles. The Bertz CT molecular complexity index is 1090. The monoisotopic (exact) mass is 497 g/mol. The molecule has 4 aromatic rings. The first-order chi connectivity index (χ1) is 13.0. The van der Waals surface area contributed by atoms with Crippen LogP contribution >= 0.6 is 31.9 Å². The van der Waals surface area contributed by atoms with Crippen molar-refractivity contribution in [3.05, 3.63) is 93.5 Å². The van der Waals surface area contributed by atoms with Crippen molar-refractivity contribution in [1.29, 1.82) is 0 Å². The van der Waals surface area contributed by atoms with E-state index in [9.17, 15) is 0 Å². The molecule has 1 aromatic heterocycles. The van der Waals surface area contributed by atoms with Crippen LogP contribution in [0.25, 0.3) is 10.9 Å². The molecule has 4 heteroatoms. The molecular weight excluding hydrogens is 478 g/mol. The van der Waals surface area contributed by atoms with E-state index >= 15 is 0 Å². The fraction of sp³-hybridized carbons (Fsp3) is 0.130. The average molecular weight is 499 g/mol. The molecule has 0 fully saturated rings. The standard InChI is InChI=1S/C23H21Br2NSi/c1-27(2,19-11-7-4-8-12-19)22-20-15-18(24)13-14-21(20)26(23(22)25)16-17-9-5-3-6-10-17/h3-15H,16H2,1-2H3. The number of benzene rings is 3. The quantitative estimate of drug-likeness (QED) is 0.302.